The number of H-pyrrole nitrogens is 1. The standard InChI is InChI=1S/C11H11ClN4O/c12-10-7(2-1-5-14-10)16-11(17)8(13)9(15-16)6-3-4-6/h1-2,5-6,15H,3-4,13H2. The van der Waals surface area contributed by atoms with Crippen molar-refractivity contribution in [3.05, 3.63) is 39.5 Å². The zero-order chi connectivity index (χ0) is 12.0. The van der Waals surface area contributed by atoms with E-state index >= 15 is 0 Å². The number of aromatic amines is 1. The quantitative estimate of drug-likeness (QED) is 0.796. The number of halogens is 1. The molecule has 0 radical (unpaired) electrons. The Hall–Kier alpha value is -1.75. The van der Waals surface area contributed by atoms with E-state index in [1.807, 2.05) is 0 Å². The molecule has 1 aliphatic carbocycles. The summed E-state index contributed by atoms with van der Waals surface area (Å²) < 4.78 is 1.36. The van der Waals surface area contributed by atoms with Gasteiger partial charge in [0.05, 0.1) is 5.69 Å². The van der Waals surface area contributed by atoms with Gasteiger partial charge in [-0.3, -0.25) is 9.89 Å². The number of hydrogen-bond acceptors (Lipinski definition) is 3. The summed E-state index contributed by atoms with van der Waals surface area (Å²) in [6.45, 7) is 0. The third-order valence-corrected chi connectivity index (χ3v) is 3.21. The third-order valence-electron chi connectivity index (χ3n) is 2.92. The molecule has 0 saturated heterocycles. The fourth-order valence-corrected chi connectivity index (χ4v) is 2.07. The summed E-state index contributed by atoms with van der Waals surface area (Å²) >= 11 is 5.96. The molecule has 6 heteroatoms. The molecule has 0 bridgehead atoms. The highest BCUT2D eigenvalue weighted by Crippen LogP contribution is 2.40. The Morgan fingerprint density at radius 1 is 1.53 bits per heavy atom. The van der Waals surface area contributed by atoms with Crippen LogP contribution in [-0.4, -0.2) is 14.8 Å². The van der Waals surface area contributed by atoms with Gasteiger partial charge < -0.3 is 5.73 Å². The van der Waals surface area contributed by atoms with Crippen LogP contribution < -0.4 is 11.3 Å². The van der Waals surface area contributed by atoms with E-state index in [9.17, 15) is 4.79 Å². The third kappa shape index (κ3) is 1.63. The first-order chi connectivity index (χ1) is 8.18. The van der Waals surface area contributed by atoms with Gasteiger partial charge in [-0.2, -0.15) is 0 Å². The maximum absolute atomic E-state index is 12.0. The van der Waals surface area contributed by atoms with Crippen molar-refractivity contribution in [2.45, 2.75) is 18.8 Å². The number of nitrogen functional groups attached to an aromatic ring is 1. The highest BCUT2D eigenvalue weighted by Gasteiger charge is 2.29. The molecular formula is C11H11ClN4O. The lowest BCUT2D eigenvalue weighted by molar-refractivity contribution is 0.812. The van der Waals surface area contributed by atoms with Crippen LogP contribution in [0, 0.1) is 0 Å². The molecule has 1 saturated carbocycles. The lowest BCUT2D eigenvalue weighted by Gasteiger charge is -2.02. The molecule has 3 rings (SSSR count). The predicted molar refractivity (Wildman–Crippen MR) is 65.6 cm³/mol. The second-order valence-corrected chi connectivity index (χ2v) is 4.53. The van der Waals surface area contributed by atoms with E-state index in [4.69, 9.17) is 17.3 Å². The minimum atomic E-state index is -0.262. The molecule has 0 unspecified atom stereocenters. The van der Waals surface area contributed by atoms with Gasteiger partial charge in [0.1, 0.15) is 11.4 Å². The van der Waals surface area contributed by atoms with Crippen molar-refractivity contribution in [1.29, 1.82) is 0 Å². The molecule has 0 atom stereocenters. The summed E-state index contributed by atoms with van der Waals surface area (Å²) in [7, 11) is 0. The average molecular weight is 251 g/mol. The number of nitrogens with one attached hydrogen (secondary N) is 1. The Balaban J connectivity index is 2.18. The SMILES string of the molecule is Nc1c(C2CC2)[nH]n(-c2cccnc2Cl)c1=O. The molecule has 17 heavy (non-hydrogen) atoms. The number of aromatic nitrogens is 3. The van der Waals surface area contributed by atoms with Crippen molar-refractivity contribution < 1.29 is 0 Å². The Morgan fingerprint density at radius 3 is 2.94 bits per heavy atom. The summed E-state index contributed by atoms with van der Waals surface area (Å²) in [5, 5.41) is 3.30. The molecule has 5 nitrogen and oxygen atoms in total. The summed E-state index contributed by atoms with van der Waals surface area (Å²) in [6.07, 6.45) is 3.72. The topological polar surface area (TPSA) is 76.7 Å². The predicted octanol–water partition coefficient (Wildman–Crippen LogP) is 1.67. The van der Waals surface area contributed by atoms with Gasteiger partial charge in [0, 0.05) is 12.1 Å². The smallest absolute Gasteiger partial charge is 0.294 e. The normalized spacial score (nSPS) is 15.1. The Morgan fingerprint density at radius 2 is 2.29 bits per heavy atom. The lowest BCUT2D eigenvalue weighted by atomic mass is 10.3. The largest absolute Gasteiger partial charge is 0.393 e. The van der Waals surface area contributed by atoms with E-state index in [1.165, 1.54) is 4.68 Å². The van der Waals surface area contributed by atoms with Crippen LogP contribution in [0.4, 0.5) is 5.69 Å². The molecule has 0 amide bonds. The summed E-state index contributed by atoms with van der Waals surface area (Å²) in [5.41, 5.74) is 7.17. The molecule has 3 N–H and O–H groups in total. The number of rotatable bonds is 2. The van der Waals surface area contributed by atoms with Gasteiger partial charge in [0.2, 0.25) is 0 Å². The van der Waals surface area contributed by atoms with Gasteiger partial charge in [-0.15, -0.1) is 0 Å². The van der Waals surface area contributed by atoms with E-state index in [0.717, 1.165) is 18.5 Å². The van der Waals surface area contributed by atoms with E-state index in [0.29, 0.717) is 11.6 Å². The first kappa shape index (κ1) is 10.4. The molecule has 0 aromatic carbocycles. The van der Waals surface area contributed by atoms with Gasteiger partial charge in [-0.25, -0.2) is 9.67 Å². The minimum Gasteiger partial charge on any atom is -0.393 e. The molecule has 88 valence electrons. The van der Waals surface area contributed by atoms with Crippen molar-refractivity contribution >= 4 is 17.3 Å². The maximum atomic E-state index is 12.0. The number of nitrogens with two attached hydrogens (primary N) is 1. The minimum absolute atomic E-state index is 0.262. The van der Waals surface area contributed by atoms with Crippen LogP contribution in [0.25, 0.3) is 5.69 Å². The van der Waals surface area contributed by atoms with E-state index in [-0.39, 0.29) is 16.4 Å². The maximum Gasteiger partial charge on any atom is 0.294 e. The molecule has 2 aromatic rings. The van der Waals surface area contributed by atoms with Gasteiger partial charge in [0.15, 0.2) is 5.15 Å². The number of nitrogens with zero attached hydrogens (tertiary/aromatic N) is 2. The van der Waals surface area contributed by atoms with Crippen LogP contribution in [0.15, 0.2) is 23.1 Å². The van der Waals surface area contributed by atoms with E-state index < -0.39 is 0 Å². The van der Waals surface area contributed by atoms with Gasteiger partial charge in [-0.1, -0.05) is 11.6 Å². The van der Waals surface area contributed by atoms with Gasteiger partial charge >= 0.3 is 0 Å². The molecule has 0 aliphatic heterocycles. The fraction of sp³-hybridized carbons (Fsp3) is 0.273. The second kappa shape index (κ2) is 3.63. The summed E-state index contributed by atoms with van der Waals surface area (Å²) in [6, 6.07) is 3.45. The lowest BCUT2D eigenvalue weighted by Crippen LogP contribution is -2.17. The van der Waals surface area contributed by atoms with Crippen LogP contribution >= 0.6 is 11.6 Å². The van der Waals surface area contributed by atoms with Gasteiger partial charge in [0.25, 0.3) is 5.56 Å². The van der Waals surface area contributed by atoms with Crippen molar-refractivity contribution in [2.75, 3.05) is 5.73 Å². The molecule has 1 aliphatic rings. The molecular weight excluding hydrogens is 240 g/mol. The van der Waals surface area contributed by atoms with Gasteiger partial charge in [-0.05, 0) is 25.0 Å². The van der Waals surface area contributed by atoms with Crippen molar-refractivity contribution in [3.8, 4) is 5.69 Å². The Bertz CT molecular complexity index is 627. The Labute approximate surface area is 102 Å². The van der Waals surface area contributed by atoms with Crippen molar-refractivity contribution in [3.63, 3.8) is 0 Å². The number of anilines is 1. The molecule has 0 spiro atoms. The highest BCUT2D eigenvalue weighted by atomic mass is 35.5. The van der Waals surface area contributed by atoms with Crippen LogP contribution in [-0.2, 0) is 0 Å². The van der Waals surface area contributed by atoms with Crippen LogP contribution in [0.1, 0.15) is 24.5 Å². The molecule has 2 aromatic heterocycles. The second-order valence-electron chi connectivity index (χ2n) is 4.17. The van der Waals surface area contributed by atoms with Crippen LogP contribution in [0.5, 0.6) is 0 Å². The summed E-state index contributed by atoms with van der Waals surface area (Å²) in [5.74, 6) is 0.388. The van der Waals surface area contributed by atoms with Crippen LogP contribution in [0.3, 0.4) is 0 Å². The fourth-order valence-electron chi connectivity index (χ4n) is 1.86. The van der Waals surface area contributed by atoms with Crippen molar-refractivity contribution in [1.82, 2.24) is 14.8 Å². The molecule has 1 fully saturated rings. The van der Waals surface area contributed by atoms with E-state index in [1.54, 1.807) is 18.3 Å². The zero-order valence-corrected chi connectivity index (χ0v) is 9.74. The van der Waals surface area contributed by atoms with Crippen molar-refractivity contribution in [2.24, 2.45) is 0 Å². The zero-order valence-electron chi connectivity index (χ0n) is 8.98. The highest BCUT2D eigenvalue weighted by molar-refractivity contribution is 6.31. The number of hydrogen-bond donors (Lipinski definition) is 2. The monoisotopic (exact) mass is 250 g/mol. The number of pyridine rings is 1. The molecule has 2 heterocycles. The van der Waals surface area contributed by atoms with E-state index in [2.05, 4.69) is 10.1 Å². The first-order valence-electron chi connectivity index (χ1n) is 5.39. The average Bonchev–Trinajstić information content (AvgIpc) is 3.11. The Kier molecular flexibility index (Phi) is 2.22. The summed E-state index contributed by atoms with van der Waals surface area (Å²) in [4.78, 5) is 15.9. The first-order valence-corrected chi connectivity index (χ1v) is 5.77. The van der Waals surface area contributed by atoms with Crippen LogP contribution in [0.2, 0.25) is 5.15 Å².